The molecule has 4 nitrogen and oxygen atoms in total. The van der Waals surface area contributed by atoms with Gasteiger partial charge >= 0.3 is 0 Å². The third-order valence-corrected chi connectivity index (χ3v) is 3.69. The van der Waals surface area contributed by atoms with Crippen molar-refractivity contribution in [2.75, 3.05) is 5.73 Å². The monoisotopic (exact) mass is 277 g/mol. The van der Waals surface area contributed by atoms with Crippen LogP contribution in [0, 0.1) is 12.8 Å². The van der Waals surface area contributed by atoms with Crippen LogP contribution in [0.5, 0.6) is 0 Å². The summed E-state index contributed by atoms with van der Waals surface area (Å²) in [5.41, 5.74) is 7.71. The number of hydrogen-bond acceptors (Lipinski definition) is 5. The van der Waals surface area contributed by atoms with Crippen LogP contribution in [0.25, 0.3) is 0 Å². The van der Waals surface area contributed by atoms with Gasteiger partial charge in [-0.25, -0.2) is 0 Å². The first kappa shape index (κ1) is 13.9. The van der Waals surface area contributed by atoms with Crippen LogP contribution in [0.1, 0.15) is 31.1 Å². The van der Waals surface area contributed by atoms with Crippen molar-refractivity contribution in [2.24, 2.45) is 5.92 Å². The lowest BCUT2D eigenvalue weighted by Gasteiger charge is -2.03. The van der Waals surface area contributed by atoms with Crippen molar-refractivity contribution >= 4 is 17.4 Å². The fourth-order valence-electron chi connectivity index (χ4n) is 1.67. The van der Waals surface area contributed by atoms with Crippen molar-refractivity contribution in [2.45, 2.75) is 37.8 Å². The third-order valence-electron chi connectivity index (χ3n) is 2.70. The lowest BCUT2D eigenvalue weighted by atomic mass is 10.1. The van der Waals surface area contributed by atoms with E-state index >= 15 is 0 Å². The van der Waals surface area contributed by atoms with Crippen molar-refractivity contribution in [3.63, 3.8) is 0 Å². The summed E-state index contributed by atoms with van der Waals surface area (Å²) in [4.78, 5) is 5.55. The Morgan fingerprint density at radius 3 is 2.84 bits per heavy atom. The van der Waals surface area contributed by atoms with Crippen LogP contribution >= 0.6 is 11.8 Å². The van der Waals surface area contributed by atoms with Gasteiger partial charge in [-0.1, -0.05) is 19.0 Å². The lowest BCUT2D eigenvalue weighted by Crippen LogP contribution is -1.94. The highest BCUT2D eigenvalue weighted by molar-refractivity contribution is 7.98. The Morgan fingerprint density at radius 1 is 1.37 bits per heavy atom. The van der Waals surface area contributed by atoms with Crippen LogP contribution < -0.4 is 5.73 Å². The Labute approximate surface area is 117 Å². The molecule has 0 saturated heterocycles. The zero-order chi connectivity index (χ0) is 13.8. The highest BCUT2D eigenvalue weighted by Crippen LogP contribution is 2.25. The topological polar surface area (TPSA) is 64.9 Å². The molecule has 0 amide bonds. The molecule has 0 aliphatic heterocycles. The number of nitrogen functional groups attached to an aromatic ring is 1. The first-order valence-corrected chi connectivity index (χ1v) is 7.33. The first-order valence-electron chi connectivity index (χ1n) is 6.35. The Morgan fingerprint density at radius 2 is 2.16 bits per heavy atom. The van der Waals surface area contributed by atoms with Crippen LogP contribution in [-0.4, -0.2) is 10.1 Å². The van der Waals surface area contributed by atoms with E-state index in [1.807, 2.05) is 19.1 Å². The molecule has 1 aromatic carbocycles. The molecule has 102 valence electrons. The molecule has 5 heteroatoms. The number of rotatable bonds is 5. The molecule has 19 heavy (non-hydrogen) atoms. The molecule has 0 aliphatic rings. The highest BCUT2D eigenvalue weighted by atomic mass is 32.2. The molecule has 0 unspecified atom stereocenters. The summed E-state index contributed by atoms with van der Waals surface area (Å²) in [6.45, 7) is 6.28. The highest BCUT2D eigenvalue weighted by Gasteiger charge is 2.08. The van der Waals surface area contributed by atoms with E-state index in [0.717, 1.165) is 29.4 Å². The van der Waals surface area contributed by atoms with Gasteiger partial charge in [0, 0.05) is 17.0 Å². The van der Waals surface area contributed by atoms with E-state index in [2.05, 4.69) is 30.1 Å². The maximum atomic E-state index is 5.80. The molecule has 2 N–H and O–H groups in total. The molecule has 0 atom stereocenters. The average molecular weight is 277 g/mol. The summed E-state index contributed by atoms with van der Waals surface area (Å²) in [7, 11) is 0. The van der Waals surface area contributed by atoms with Gasteiger partial charge in [0.05, 0.1) is 5.75 Å². The number of benzene rings is 1. The summed E-state index contributed by atoms with van der Waals surface area (Å²) < 4.78 is 5.21. The van der Waals surface area contributed by atoms with Gasteiger partial charge in [0.15, 0.2) is 5.82 Å². The summed E-state index contributed by atoms with van der Waals surface area (Å²) >= 11 is 1.69. The van der Waals surface area contributed by atoms with Gasteiger partial charge < -0.3 is 10.3 Å². The van der Waals surface area contributed by atoms with Gasteiger partial charge in [-0.05, 0) is 36.6 Å². The van der Waals surface area contributed by atoms with Gasteiger partial charge in [0.25, 0.3) is 0 Å². The fourth-order valence-corrected chi connectivity index (χ4v) is 2.50. The fraction of sp³-hybridized carbons (Fsp3) is 0.429. The molecular weight excluding hydrogens is 258 g/mol. The second-order valence-corrected chi connectivity index (χ2v) is 6.06. The van der Waals surface area contributed by atoms with E-state index in [1.54, 1.807) is 11.8 Å². The normalized spacial score (nSPS) is 11.2. The summed E-state index contributed by atoms with van der Waals surface area (Å²) in [5, 5.41) is 3.99. The minimum Gasteiger partial charge on any atom is -0.399 e. The number of anilines is 1. The first-order chi connectivity index (χ1) is 9.04. The van der Waals surface area contributed by atoms with E-state index in [0.29, 0.717) is 11.7 Å². The van der Waals surface area contributed by atoms with Crippen LogP contribution in [-0.2, 0) is 12.2 Å². The SMILES string of the molecule is Cc1cc(SCc2noc(CC(C)C)n2)ccc1N. The number of hydrogen-bond donors (Lipinski definition) is 1. The predicted octanol–water partition coefficient (Wildman–Crippen LogP) is 3.45. The standard InChI is InChI=1S/C14H19N3OS/c1-9(2)6-14-16-13(17-18-14)8-19-11-4-5-12(15)10(3)7-11/h4-5,7,9H,6,8,15H2,1-3H3. The molecule has 1 aromatic heterocycles. The van der Waals surface area contributed by atoms with E-state index in [1.165, 1.54) is 4.90 Å². The Hall–Kier alpha value is -1.49. The second kappa shape index (κ2) is 6.10. The van der Waals surface area contributed by atoms with Crippen LogP contribution in [0.4, 0.5) is 5.69 Å². The van der Waals surface area contributed by atoms with E-state index < -0.39 is 0 Å². The van der Waals surface area contributed by atoms with Crippen molar-refractivity contribution in [3.05, 3.63) is 35.5 Å². The largest absolute Gasteiger partial charge is 0.399 e. The van der Waals surface area contributed by atoms with Gasteiger partial charge in [0.2, 0.25) is 5.89 Å². The van der Waals surface area contributed by atoms with Crippen molar-refractivity contribution < 1.29 is 4.52 Å². The Balaban J connectivity index is 1.94. The van der Waals surface area contributed by atoms with Gasteiger partial charge in [0.1, 0.15) is 0 Å². The molecule has 0 aliphatic carbocycles. The van der Waals surface area contributed by atoms with Crippen LogP contribution in [0.3, 0.4) is 0 Å². The Kier molecular flexibility index (Phi) is 4.47. The number of aryl methyl sites for hydroxylation is 1. The molecule has 0 radical (unpaired) electrons. The van der Waals surface area contributed by atoms with E-state index in [-0.39, 0.29) is 0 Å². The van der Waals surface area contributed by atoms with Gasteiger partial charge in [-0.2, -0.15) is 4.98 Å². The number of nitrogens with zero attached hydrogens (tertiary/aromatic N) is 2. The quantitative estimate of drug-likeness (QED) is 0.670. The molecule has 0 saturated carbocycles. The molecule has 0 spiro atoms. The van der Waals surface area contributed by atoms with E-state index in [9.17, 15) is 0 Å². The summed E-state index contributed by atoms with van der Waals surface area (Å²) in [5.74, 6) is 2.71. The third kappa shape index (κ3) is 3.99. The molecule has 0 bridgehead atoms. The minimum atomic E-state index is 0.528. The maximum absolute atomic E-state index is 5.80. The van der Waals surface area contributed by atoms with Crippen LogP contribution in [0.15, 0.2) is 27.6 Å². The zero-order valence-corrected chi connectivity index (χ0v) is 12.3. The number of thioether (sulfide) groups is 1. The van der Waals surface area contributed by atoms with Crippen molar-refractivity contribution in [3.8, 4) is 0 Å². The molecule has 2 aromatic rings. The maximum Gasteiger partial charge on any atom is 0.226 e. The molecule has 2 rings (SSSR count). The number of aromatic nitrogens is 2. The predicted molar refractivity (Wildman–Crippen MR) is 78.0 cm³/mol. The Bertz CT molecular complexity index is 551. The lowest BCUT2D eigenvalue weighted by molar-refractivity contribution is 0.360. The minimum absolute atomic E-state index is 0.528. The zero-order valence-electron chi connectivity index (χ0n) is 11.5. The van der Waals surface area contributed by atoms with Crippen LogP contribution in [0.2, 0.25) is 0 Å². The second-order valence-electron chi connectivity index (χ2n) is 5.01. The smallest absolute Gasteiger partial charge is 0.226 e. The molecule has 1 heterocycles. The van der Waals surface area contributed by atoms with Crippen molar-refractivity contribution in [1.29, 1.82) is 0 Å². The number of nitrogens with two attached hydrogens (primary N) is 1. The molecular formula is C14H19N3OS. The van der Waals surface area contributed by atoms with Gasteiger partial charge in [-0.15, -0.1) is 11.8 Å². The van der Waals surface area contributed by atoms with Crippen molar-refractivity contribution in [1.82, 2.24) is 10.1 Å². The van der Waals surface area contributed by atoms with E-state index in [4.69, 9.17) is 10.3 Å². The van der Waals surface area contributed by atoms with Gasteiger partial charge in [-0.3, -0.25) is 0 Å². The summed E-state index contributed by atoms with van der Waals surface area (Å²) in [6, 6.07) is 6.02. The molecule has 0 fully saturated rings. The summed E-state index contributed by atoms with van der Waals surface area (Å²) in [6.07, 6.45) is 0.832. The average Bonchev–Trinajstić information content (AvgIpc) is 2.77.